The van der Waals surface area contributed by atoms with Crippen LogP contribution >= 0.6 is 11.8 Å². The van der Waals surface area contributed by atoms with Crippen molar-refractivity contribution in [2.24, 2.45) is 0 Å². The molecule has 7 nitrogen and oxygen atoms in total. The molecule has 1 heterocycles. The summed E-state index contributed by atoms with van der Waals surface area (Å²) >= 11 is 0.872. The number of halogens is 1. The van der Waals surface area contributed by atoms with Crippen molar-refractivity contribution >= 4 is 29.0 Å². The molecule has 3 aromatic carbocycles. The average Bonchev–Trinajstić information content (AvgIpc) is 3.16. The van der Waals surface area contributed by atoms with Crippen LogP contribution in [0.25, 0.3) is 6.08 Å². The third-order valence-corrected chi connectivity index (χ3v) is 6.22. The van der Waals surface area contributed by atoms with Crippen LogP contribution in [0.15, 0.2) is 71.6 Å². The van der Waals surface area contributed by atoms with Crippen LogP contribution in [-0.2, 0) is 11.4 Å². The maximum absolute atomic E-state index is 13.1. The monoisotopic (exact) mass is 509 g/mol. The molecule has 0 saturated carbocycles. The van der Waals surface area contributed by atoms with Crippen LogP contribution in [-0.4, -0.2) is 43.4 Å². The number of carbonyl (C=O) groups excluding carboxylic acids is 2. The van der Waals surface area contributed by atoms with E-state index in [1.807, 2.05) is 12.1 Å². The van der Waals surface area contributed by atoms with Crippen LogP contribution in [0.3, 0.4) is 0 Å². The minimum absolute atomic E-state index is 0.111. The normalized spacial score (nSPS) is 14.3. The van der Waals surface area contributed by atoms with Crippen molar-refractivity contribution in [3.8, 4) is 23.0 Å². The highest BCUT2D eigenvalue weighted by Gasteiger charge is 2.34. The Morgan fingerprint density at radius 2 is 1.56 bits per heavy atom. The van der Waals surface area contributed by atoms with Crippen molar-refractivity contribution < 1.29 is 32.9 Å². The number of rotatable bonds is 10. The molecular formula is C27H24FNO6S. The largest absolute Gasteiger partial charge is 0.493 e. The molecular weight excluding hydrogens is 485 g/mol. The molecule has 0 unspecified atom stereocenters. The van der Waals surface area contributed by atoms with Crippen LogP contribution in [0.1, 0.15) is 11.1 Å². The minimum atomic E-state index is -0.385. The summed E-state index contributed by atoms with van der Waals surface area (Å²) < 4.78 is 35.3. The zero-order chi connectivity index (χ0) is 25.5. The lowest BCUT2D eigenvalue weighted by molar-refractivity contribution is -0.123. The first-order chi connectivity index (χ1) is 17.5. The maximum Gasteiger partial charge on any atom is 0.293 e. The number of hydrogen-bond donors (Lipinski definition) is 0. The Morgan fingerprint density at radius 3 is 2.28 bits per heavy atom. The third-order valence-electron chi connectivity index (χ3n) is 5.31. The molecule has 1 aliphatic rings. The summed E-state index contributed by atoms with van der Waals surface area (Å²) in [6.45, 7) is 0.491. The van der Waals surface area contributed by atoms with E-state index in [1.165, 1.54) is 19.2 Å². The number of benzene rings is 3. The van der Waals surface area contributed by atoms with Gasteiger partial charge < -0.3 is 18.9 Å². The number of nitrogens with zero attached hydrogens (tertiary/aromatic N) is 1. The van der Waals surface area contributed by atoms with Gasteiger partial charge in [-0.05, 0) is 65.4 Å². The number of methoxy groups -OCH3 is 2. The van der Waals surface area contributed by atoms with Crippen molar-refractivity contribution in [3.63, 3.8) is 0 Å². The Kier molecular flexibility index (Phi) is 8.12. The molecule has 1 saturated heterocycles. The molecule has 0 bridgehead atoms. The van der Waals surface area contributed by atoms with Crippen molar-refractivity contribution in [3.05, 3.63) is 88.6 Å². The number of imide groups is 1. The number of amides is 2. The van der Waals surface area contributed by atoms with Gasteiger partial charge in [0.25, 0.3) is 11.1 Å². The first-order valence-electron chi connectivity index (χ1n) is 11.0. The summed E-state index contributed by atoms with van der Waals surface area (Å²) in [6.07, 6.45) is 1.64. The van der Waals surface area contributed by atoms with Crippen molar-refractivity contribution in [2.75, 3.05) is 27.4 Å². The predicted octanol–water partition coefficient (Wildman–Crippen LogP) is 5.54. The molecule has 0 aromatic heterocycles. The Bertz CT molecular complexity index is 1280. The zero-order valence-electron chi connectivity index (χ0n) is 19.7. The van der Waals surface area contributed by atoms with Gasteiger partial charge in [0.15, 0.2) is 23.0 Å². The highest BCUT2D eigenvalue weighted by molar-refractivity contribution is 8.18. The molecule has 0 spiro atoms. The topological polar surface area (TPSA) is 74.3 Å². The molecule has 0 aliphatic carbocycles. The summed E-state index contributed by atoms with van der Waals surface area (Å²) in [5.74, 6) is 1.39. The third kappa shape index (κ3) is 5.98. The van der Waals surface area contributed by atoms with Crippen LogP contribution in [0.5, 0.6) is 23.0 Å². The van der Waals surface area contributed by atoms with E-state index in [2.05, 4.69) is 0 Å². The molecule has 36 heavy (non-hydrogen) atoms. The summed E-state index contributed by atoms with van der Waals surface area (Å²) in [5, 5.41) is -0.360. The number of ether oxygens (including phenoxy) is 4. The quantitative estimate of drug-likeness (QED) is 0.332. The average molecular weight is 510 g/mol. The Balaban J connectivity index is 1.39. The fraction of sp³-hybridized carbons (Fsp3) is 0.185. The smallest absolute Gasteiger partial charge is 0.293 e. The zero-order valence-corrected chi connectivity index (χ0v) is 20.5. The molecule has 1 aliphatic heterocycles. The number of hydrogen-bond acceptors (Lipinski definition) is 7. The Hall–Kier alpha value is -3.98. The van der Waals surface area contributed by atoms with E-state index in [4.69, 9.17) is 18.9 Å². The van der Waals surface area contributed by atoms with E-state index >= 15 is 0 Å². The van der Waals surface area contributed by atoms with Gasteiger partial charge in [-0.15, -0.1) is 0 Å². The molecule has 0 N–H and O–H groups in total. The van der Waals surface area contributed by atoms with Crippen molar-refractivity contribution in [2.45, 2.75) is 6.61 Å². The van der Waals surface area contributed by atoms with Crippen LogP contribution in [0.2, 0.25) is 0 Å². The molecule has 0 atom stereocenters. The SMILES string of the molecule is COc1ccccc1OCCN1C(=O)S/C(=C\c2ccc(OCc3ccc(F)cc3)c(OC)c2)C1=O. The lowest BCUT2D eigenvalue weighted by Gasteiger charge is -2.14. The number of carbonyl (C=O) groups is 2. The summed E-state index contributed by atoms with van der Waals surface area (Å²) in [5.41, 5.74) is 1.49. The highest BCUT2D eigenvalue weighted by atomic mass is 32.2. The molecule has 2 amide bonds. The van der Waals surface area contributed by atoms with Gasteiger partial charge in [-0.1, -0.05) is 30.3 Å². The van der Waals surface area contributed by atoms with Gasteiger partial charge in [0.1, 0.15) is 19.0 Å². The second-order valence-electron chi connectivity index (χ2n) is 7.66. The fourth-order valence-electron chi connectivity index (χ4n) is 3.46. The van der Waals surface area contributed by atoms with Crippen molar-refractivity contribution in [1.29, 1.82) is 0 Å². The molecule has 0 radical (unpaired) electrons. The van der Waals surface area contributed by atoms with E-state index in [0.29, 0.717) is 33.5 Å². The summed E-state index contributed by atoms with van der Waals surface area (Å²) in [6, 6.07) is 18.4. The van der Waals surface area contributed by atoms with Crippen LogP contribution in [0.4, 0.5) is 9.18 Å². The van der Waals surface area contributed by atoms with Crippen LogP contribution in [0, 0.1) is 5.82 Å². The van der Waals surface area contributed by atoms with E-state index in [9.17, 15) is 14.0 Å². The predicted molar refractivity (Wildman–Crippen MR) is 135 cm³/mol. The standard InChI is InChI=1S/C27H24FNO6S/c1-32-21-5-3-4-6-22(21)34-14-13-29-26(30)25(36-27(29)31)16-19-9-12-23(24(15-19)33-2)35-17-18-7-10-20(28)11-8-18/h3-12,15-16H,13-14,17H2,1-2H3/b25-16-. The van der Waals surface area contributed by atoms with Gasteiger partial charge in [-0.3, -0.25) is 14.5 Å². The van der Waals surface area contributed by atoms with Crippen molar-refractivity contribution in [1.82, 2.24) is 4.90 Å². The highest BCUT2D eigenvalue weighted by Crippen LogP contribution is 2.35. The van der Waals surface area contributed by atoms with E-state index in [0.717, 1.165) is 22.2 Å². The molecule has 1 fully saturated rings. The summed E-state index contributed by atoms with van der Waals surface area (Å²) in [4.78, 5) is 26.8. The van der Waals surface area contributed by atoms with Crippen LogP contribution < -0.4 is 18.9 Å². The minimum Gasteiger partial charge on any atom is -0.493 e. The number of para-hydroxylation sites is 2. The van der Waals surface area contributed by atoms with Gasteiger partial charge in [0.05, 0.1) is 25.7 Å². The Labute approximate surface area is 212 Å². The number of thioether (sulfide) groups is 1. The van der Waals surface area contributed by atoms with E-state index in [-0.39, 0.29) is 36.7 Å². The van der Waals surface area contributed by atoms with Gasteiger partial charge in [-0.2, -0.15) is 0 Å². The van der Waals surface area contributed by atoms with E-state index in [1.54, 1.807) is 55.7 Å². The lowest BCUT2D eigenvalue weighted by Crippen LogP contribution is -2.32. The van der Waals surface area contributed by atoms with Gasteiger partial charge in [-0.25, -0.2) is 4.39 Å². The molecule has 186 valence electrons. The summed E-state index contributed by atoms with van der Waals surface area (Å²) in [7, 11) is 3.06. The van der Waals surface area contributed by atoms with E-state index < -0.39 is 0 Å². The van der Waals surface area contributed by atoms with Gasteiger partial charge in [0, 0.05) is 0 Å². The van der Waals surface area contributed by atoms with Gasteiger partial charge >= 0.3 is 0 Å². The molecule has 4 rings (SSSR count). The fourth-order valence-corrected chi connectivity index (χ4v) is 4.33. The Morgan fingerprint density at radius 1 is 0.861 bits per heavy atom. The maximum atomic E-state index is 13.1. The first kappa shape index (κ1) is 25.1. The second kappa shape index (κ2) is 11.6. The second-order valence-corrected chi connectivity index (χ2v) is 8.65. The first-order valence-corrected chi connectivity index (χ1v) is 11.9. The molecule has 3 aromatic rings. The van der Waals surface area contributed by atoms with Gasteiger partial charge in [0.2, 0.25) is 0 Å². The lowest BCUT2D eigenvalue weighted by atomic mass is 10.1. The molecule has 9 heteroatoms.